The van der Waals surface area contributed by atoms with E-state index < -0.39 is 6.04 Å². The number of hydrogen-bond donors (Lipinski definition) is 0. The molecule has 0 radical (unpaired) electrons. The van der Waals surface area contributed by atoms with Gasteiger partial charge >= 0.3 is 6.03 Å². The molecule has 1 heterocycles. The molecule has 0 bridgehead atoms. The normalized spacial score (nSPS) is 19.8. The summed E-state index contributed by atoms with van der Waals surface area (Å²) < 4.78 is 0. The molecule has 1 fully saturated rings. The summed E-state index contributed by atoms with van der Waals surface area (Å²) in [4.78, 5) is 39.2. The van der Waals surface area contributed by atoms with Gasteiger partial charge in [0.25, 0.3) is 5.91 Å². The summed E-state index contributed by atoms with van der Waals surface area (Å²) in [7, 11) is 4.72. The second-order valence-electron chi connectivity index (χ2n) is 4.38. The van der Waals surface area contributed by atoms with Crippen LogP contribution < -0.4 is 0 Å². The van der Waals surface area contributed by atoms with Crippen LogP contribution >= 0.6 is 0 Å². The molecule has 0 N–H and O–H groups in total. The van der Waals surface area contributed by atoms with Gasteiger partial charge in [-0.15, -0.1) is 0 Å². The second kappa shape index (κ2) is 5.16. The number of rotatable bonds is 3. The first-order chi connectivity index (χ1) is 7.90. The average Bonchev–Trinajstić information content (AvgIpc) is 2.53. The lowest BCUT2D eigenvalue weighted by Gasteiger charge is -2.29. The number of hydrogen-bond acceptors (Lipinski definition) is 3. The van der Waals surface area contributed by atoms with E-state index >= 15 is 0 Å². The van der Waals surface area contributed by atoms with Gasteiger partial charge in [0.05, 0.1) is 6.42 Å². The Morgan fingerprint density at radius 3 is 2.35 bits per heavy atom. The predicted octanol–water partition coefficient (Wildman–Crippen LogP) is 0.137. The van der Waals surface area contributed by atoms with Crippen molar-refractivity contribution in [1.82, 2.24) is 14.7 Å². The number of carbonyl (C=O) groups excluding carboxylic acids is 3. The number of urea groups is 1. The molecular formula is C11H19N3O3. The largest absolute Gasteiger partial charge is 0.331 e. The van der Waals surface area contributed by atoms with E-state index in [1.165, 1.54) is 16.8 Å². The van der Waals surface area contributed by atoms with Gasteiger partial charge in [-0.05, 0) is 6.42 Å². The maximum Gasteiger partial charge on any atom is 0.320 e. The molecule has 0 saturated carbocycles. The van der Waals surface area contributed by atoms with Gasteiger partial charge in [0.15, 0.2) is 0 Å². The maximum atomic E-state index is 11.9. The molecule has 1 atom stereocenters. The van der Waals surface area contributed by atoms with Crippen LogP contribution in [0.3, 0.4) is 0 Å². The van der Waals surface area contributed by atoms with Gasteiger partial charge in [0.2, 0.25) is 5.91 Å². The molecule has 17 heavy (non-hydrogen) atoms. The fourth-order valence-electron chi connectivity index (χ4n) is 1.86. The number of amides is 4. The minimum atomic E-state index is -0.637. The molecule has 0 aromatic heterocycles. The number of likely N-dealkylation sites (N-methyl/N-ethyl adjacent to an activating group) is 1. The molecule has 4 amide bonds. The van der Waals surface area contributed by atoms with Gasteiger partial charge in [-0.1, -0.05) is 6.92 Å². The van der Waals surface area contributed by atoms with E-state index in [4.69, 9.17) is 0 Å². The maximum absolute atomic E-state index is 11.9. The van der Waals surface area contributed by atoms with E-state index in [0.29, 0.717) is 6.54 Å². The van der Waals surface area contributed by atoms with Crippen LogP contribution in [0.4, 0.5) is 4.79 Å². The zero-order valence-electron chi connectivity index (χ0n) is 10.8. The van der Waals surface area contributed by atoms with Crippen LogP contribution in [0.1, 0.15) is 19.8 Å². The lowest BCUT2D eigenvalue weighted by molar-refractivity contribution is -0.137. The first kappa shape index (κ1) is 13.5. The highest BCUT2D eigenvalue weighted by molar-refractivity contribution is 6.06. The molecule has 1 saturated heterocycles. The topological polar surface area (TPSA) is 60.9 Å². The van der Waals surface area contributed by atoms with Crippen LogP contribution in [0, 0.1) is 0 Å². The Morgan fingerprint density at radius 1 is 1.41 bits per heavy atom. The van der Waals surface area contributed by atoms with E-state index in [1.807, 2.05) is 6.92 Å². The Bertz CT molecular complexity index is 341. The molecule has 6 nitrogen and oxygen atoms in total. The first-order valence-corrected chi connectivity index (χ1v) is 5.68. The summed E-state index contributed by atoms with van der Waals surface area (Å²) in [5, 5.41) is 0. The lowest BCUT2D eigenvalue weighted by atomic mass is 10.2. The third-order valence-electron chi connectivity index (χ3n) is 2.83. The molecule has 0 aliphatic carbocycles. The summed E-state index contributed by atoms with van der Waals surface area (Å²) in [6, 6.07) is -0.865. The van der Waals surface area contributed by atoms with E-state index in [1.54, 1.807) is 14.1 Å². The van der Waals surface area contributed by atoms with Crippen molar-refractivity contribution in [2.45, 2.75) is 25.8 Å². The first-order valence-electron chi connectivity index (χ1n) is 5.68. The molecule has 0 aromatic carbocycles. The summed E-state index contributed by atoms with van der Waals surface area (Å²) in [6.45, 7) is 2.41. The minimum Gasteiger partial charge on any atom is -0.331 e. The number of nitrogens with zero attached hydrogens (tertiary/aromatic N) is 3. The summed E-state index contributed by atoms with van der Waals surface area (Å²) in [5.74, 6) is -0.522. The highest BCUT2D eigenvalue weighted by Gasteiger charge is 2.41. The van der Waals surface area contributed by atoms with Crippen LogP contribution in [0.15, 0.2) is 0 Å². The molecule has 1 unspecified atom stereocenters. The SMILES string of the molecule is CCCN(C(=O)N(C)C)C1CC(=O)N(C)C1=O. The van der Waals surface area contributed by atoms with Gasteiger partial charge in [-0.3, -0.25) is 14.5 Å². The Labute approximate surface area is 101 Å². The summed E-state index contributed by atoms with van der Waals surface area (Å²) in [5.41, 5.74) is 0. The van der Waals surface area contributed by atoms with Crippen molar-refractivity contribution in [3.05, 3.63) is 0 Å². The highest BCUT2D eigenvalue weighted by Crippen LogP contribution is 2.18. The van der Waals surface area contributed by atoms with Gasteiger partial charge in [0, 0.05) is 27.7 Å². The summed E-state index contributed by atoms with van der Waals surface area (Å²) >= 11 is 0. The van der Waals surface area contributed by atoms with Crippen LogP contribution in [0.5, 0.6) is 0 Å². The predicted molar refractivity (Wildman–Crippen MR) is 62.3 cm³/mol. The number of imide groups is 1. The minimum absolute atomic E-state index is 0.0922. The van der Waals surface area contributed by atoms with Crippen LogP contribution in [-0.2, 0) is 9.59 Å². The zero-order chi connectivity index (χ0) is 13.2. The van der Waals surface area contributed by atoms with Gasteiger partial charge < -0.3 is 9.80 Å². The molecule has 0 spiro atoms. The van der Waals surface area contributed by atoms with E-state index in [2.05, 4.69) is 0 Å². The monoisotopic (exact) mass is 241 g/mol. The third kappa shape index (κ3) is 2.57. The van der Waals surface area contributed by atoms with Crippen molar-refractivity contribution < 1.29 is 14.4 Å². The molecule has 0 aromatic rings. The van der Waals surface area contributed by atoms with Crippen molar-refractivity contribution in [3.63, 3.8) is 0 Å². The third-order valence-corrected chi connectivity index (χ3v) is 2.83. The van der Waals surface area contributed by atoms with Crippen molar-refractivity contribution in [2.75, 3.05) is 27.7 Å². The Morgan fingerprint density at radius 2 is 2.00 bits per heavy atom. The molecule has 96 valence electrons. The van der Waals surface area contributed by atoms with Gasteiger partial charge in [-0.25, -0.2) is 4.79 Å². The van der Waals surface area contributed by atoms with Crippen LogP contribution in [-0.4, -0.2) is 66.3 Å². The Balaban J connectivity index is 2.89. The number of likely N-dealkylation sites (tertiary alicyclic amines) is 1. The van der Waals surface area contributed by atoms with E-state index in [9.17, 15) is 14.4 Å². The standard InChI is InChI=1S/C11H19N3O3/c1-5-6-14(11(17)12(2)3)8-7-9(15)13(4)10(8)16/h8H,5-7H2,1-4H3. The lowest BCUT2D eigenvalue weighted by Crippen LogP contribution is -2.49. The Kier molecular flexibility index (Phi) is 4.09. The molecule has 6 heteroatoms. The molecule has 1 aliphatic rings. The van der Waals surface area contributed by atoms with Crippen molar-refractivity contribution in [1.29, 1.82) is 0 Å². The number of carbonyl (C=O) groups is 3. The average molecular weight is 241 g/mol. The fourth-order valence-corrected chi connectivity index (χ4v) is 1.86. The second-order valence-corrected chi connectivity index (χ2v) is 4.38. The Hall–Kier alpha value is -1.59. The molecule has 1 aliphatic heterocycles. The highest BCUT2D eigenvalue weighted by atomic mass is 16.2. The zero-order valence-corrected chi connectivity index (χ0v) is 10.8. The van der Waals surface area contributed by atoms with Crippen molar-refractivity contribution in [2.24, 2.45) is 0 Å². The van der Waals surface area contributed by atoms with Gasteiger partial charge in [0.1, 0.15) is 6.04 Å². The quantitative estimate of drug-likeness (QED) is 0.660. The smallest absolute Gasteiger partial charge is 0.320 e. The molecular weight excluding hydrogens is 222 g/mol. The van der Waals surface area contributed by atoms with Crippen LogP contribution in [0.2, 0.25) is 0 Å². The van der Waals surface area contributed by atoms with E-state index in [0.717, 1.165) is 11.3 Å². The van der Waals surface area contributed by atoms with Crippen molar-refractivity contribution in [3.8, 4) is 0 Å². The summed E-state index contributed by atoms with van der Waals surface area (Å²) in [6.07, 6.45) is 0.843. The van der Waals surface area contributed by atoms with Crippen molar-refractivity contribution >= 4 is 17.8 Å². The van der Waals surface area contributed by atoms with Gasteiger partial charge in [-0.2, -0.15) is 0 Å². The van der Waals surface area contributed by atoms with E-state index in [-0.39, 0.29) is 24.3 Å². The molecule has 1 rings (SSSR count). The van der Waals surface area contributed by atoms with Crippen LogP contribution in [0.25, 0.3) is 0 Å². The fraction of sp³-hybridized carbons (Fsp3) is 0.727.